The minimum Gasteiger partial charge on any atom is -0.396 e. The van der Waals surface area contributed by atoms with Crippen LogP contribution in [-0.2, 0) is 25.7 Å². The highest BCUT2D eigenvalue weighted by Gasteiger charge is 2.74. The number of fused-ring (bicyclic) bond motifs is 2. The van der Waals surface area contributed by atoms with Crippen molar-refractivity contribution in [1.82, 2.24) is 10.2 Å². The Morgan fingerprint density at radius 1 is 0.927 bits per heavy atom. The van der Waals surface area contributed by atoms with E-state index in [1.54, 1.807) is 4.90 Å². The van der Waals surface area contributed by atoms with E-state index in [0.717, 1.165) is 29.2 Å². The quantitative estimate of drug-likeness (QED) is 0.310. The lowest BCUT2D eigenvalue weighted by Gasteiger charge is -2.33. The number of rotatable bonds is 11. The summed E-state index contributed by atoms with van der Waals surface area (Å²) < 4.78 is 6.54. The van der Waals surface area contributed by atoms with E-state index < -0.39 is 23.5 Å². The molecule has 3 aliphatic rings. The summed E-state index contributed by atoms with van der Waals surface area (Å²) in [5, 5.41) is 17.3. The molecule has 3 aromatic rings. The van der Waals surface area contributed by atoms with Crippen LogP contribution in [0.2, 0.25) is 0 Å². The van der Waals surface area contributed by atoms with Crippen LogP contribution in [0.15, 0.2) is 72.8 Å². The predicted molar refractivity (Wildman–Crippen MR) is 156 cm³/mol. The smallest absolute Gasteiger partial charge is 0.250 e. The number of anilines is 1. The van der Waals surface area contributed by atoms with Crippen LogP contribution in [0.3, 0.4) is 0 Å². The van der Waals surface area contributed by atoms with E-state index in [1.165, 1.54) is 0 Å². The Hall–Kier alpha value is -3.75. The largest absolute Gasteiger partial charge is 0.396 e. The molecule has 3 fully saturated rings. The molecule has 41 heavy (non-hydrogen) atoms. The molecule has 0 radical (unpaired) electrons. The molecule has 3 aliphatic heterocycles. The monoisotopic (exact) mass is 555 g/mol. The number of nitrogens with zero attached hydrogens (tertiary/aromatic N) is 1. The number of unbranched alkanes of at least 4 members (excludes halogenated alkanes) is 3. The van der Waals surface area contributed by atoms with E-state index in [-0.39, 0.29) is 30.4 Å². The Morgan fingerprint density at radius 2 is 1.68 bits per heavy atom. The molecule has 8 nitrogen and oxygen atoms in total. The number of likely N-dealkylation sites (tertiary alicyclic amines) is 1. The third-order valence-corrected chi connectivity index (χ3v) is 8.98. The molecule has 3 saturated heterocycles. The van der Waals surface area contributed by atoms with Gasteiger partial charge in [0.25, 0.3) is 0 Å². The van der Waals surface area contributed by atoms with Crippen molar-refractivity contribution in [3.05, 3.63) is 78.4 Å². The number of carbonyl (C=O) groups is 3. The maximum atomic E-state index is 14.1. The summed E-state index contributed by atoms with van der Waals surface area (Å²) >= 11 is 0. The number of ether oxygens (including phenoxy) is 1. The predicted octanol–water partition coefficient (Wildman–Crippen LogP) is 4.02. The van der Waals surface area contributed by atoms with E-state index in [2.05, 4.69) is 10.6 Å². The molecular weight excluding hydrogens is 518 g/mol. The average molecular weight is 556 g/mol. The van der Waals surface area contributed by atoms with Crippen LogP contribution in [0.4, 0.5) is 5.69 Å². The number of amides is 3. The molecular formula is C33H37N3O5. The number of benzene rings is 3. The van der Waals surface area contributed by atoms with Crippen molar-refractivity contribution >= 4 is 34.2 Å². The average Bonchev–Trinajstić information content (AvgIpc) is 3.63. The molecule has 0 aromatic heterocycles. The first-order valence-corrected chi connectivity index (χ1v) is 14.7. The van der Waals surface area contributed by atoms with Gasteiger partial charge in [0.2, 0.25) is 17.7 Å². The molecule has 0 aliphatic carbocycles. The lowest BCUT2D eigenvalue weighted by Crippen LogP contribution is -2.53. The summed E-state index contributed by atoms with van der Waals surface area (Å²) in [6, 6.07) is 22.6. The molecule has 3 amide bonds. The number of nitrogens with one attached hydrogen (secondary N) is 2. The zero-order valence-corrected chi connectivity index (χ0v) is 23.1. The summed E-state index contributed by atoms with van der Waals surface area (Å²) in [4.78, 5) is 43.3. The van der Waals surface area contributed by atoms with Crippen LogP contribution in [0.25, 0.3) is 10.8 Å². The van der Waals surface area contributed by atoms with Gasteiger partial charge >= 0.3 is 0 Å². The lowest BCUT2D eigenvalue weighted by molar-refractivity contribution is -0.141. The standard InChI is InChI=1S/C33H37N3O5/c37-19-9-2-1-8-18-36-29(31(39)35-25-15-14-23-12-6-7-13-24(23)20-25)33-17-16-26(41-33)27(28(33)32(36)40)30(38)34-21-22-10-4-3-5-11-22/h3-7,10-15,20,26-29,37H,1-2,8-9,16-19,21H2,(H,34,38)(H,35,39)/t26-,27+,28+,29?,33?/m1/s1. The van der Waals surface area contributed by atoms with Gasteiger partial charge in [0.1, 0.15) is 11.6 Å². The molecule has 214 valence electrons. The van der Waals surface area contributed by atoms with E-state index in [4.69, 9.17) is 9.84 Å². The van der Waals surface area contributed by atoms with Crippen molar-refractivity contribution < 1.29 is 24.2 Å². The van der Waals surface area contributed by atoms with Crippen LogP contribution < -0.4 is 10.6 Å². The fraction of sp³-hybridized carbons (Fsp3) is 0.424. The van der Waals surface area contributed by atoms with Crippen LogP contribution >= 0.6 is 0 Å². The Morgan fingerprint density at radius 3 is 2.49 bits per heavy atom. The second-order valence-electron chi connectivity index (χ2n) is 11.5. The highest BCUT2D eigenvalue weighted by molar-refractivity contribution is 6.04. The highest BCUT2D eigenvalue weighted by Crippen LogP contribution is 2.58. The van der Waals surface area contributed by atoms with Gasteiger partial charge in [-0.15, -0.1) is 0 Å². The Bertz CT molecular complexity index is 1430. The maximum Gasteiger partial charge on any atom is 0.250 e. The van der Waals surface area contributed by atoms with Gasteiger partial charge in [-0.05, 0) is 54.2 Å². The van der Waals surface area contributed by atoms with E-state index in [1.807, 2.05) is 72.8 Å². The van der Waals surface area contributed by atoms with Gasteiger partial charge in [0.05, 0.1) is 17.9 Å². The van der Waals surface area contributed by atoms with Crippen molar-refractivity contribution in [1.29, 1.82) is 0 Å². The number of aliphatic hydroxyl groups is 1. The third-order valence-electron chi connectivity index (χ3n) is 8.98. The molecule has 0 saturated carbocycles. The zero-order chi connectivity index (χ0) is 28.4. The summed E-state index contributed by atoms with van der Waals surface area (Å²) in [5.41, 5.74) is 0.617. The van der Waals surface area contributed by atoms with Crippen LogP contribution in [0.1, 0.15) is 44.1 Å². The van der Waals surface area contributed by atoms with Crippen LogP contribution in [0, 0.1) is 11.8 Å². The number of aliphatic hydroxyl groups excluding tert-OH is 1. The van der Waals surface area contributed by atoms with Crippen molar-refractivity contribution in [3.63, 3.8) is 0 Å². The molecule has 2 bridgehead atoms. The van der Waals surface area contributed by atoms with Crippen molar-refractivity contribution in [2.24, 2.45) is 11.8 Å². The Balaban J connectivity index is 1.25. The summed E-state index contributed by atoms with van der Waals surface area (Å²) in [6.45, 7) is 0.918. The molecule has 1 spiro atoms. The highest BCUT2D eigenvalue weighted by atomic mass is 16.5. The van der Waals surface area contributed by atoms with E-state index in [9.17, 15) is 14.4 Å². The zero-order valence-electron chi connectivity index (χ0n) is 23.1. The fourth-order valence-corrected chi connectivity index (χ4v) is 7.12. The van der Waals surface area contributed by atoms with Crippen molar-refractivity contribution in [3.8, 4) is 0 Å². The van der Waals surface area contributed by atoms with Crippen LogP contribution in [-0.4, -0.2) is 58.6 Å². The summed E-state index contributed by atoms with van der Waals surface area (Å²) in [7, 11) is 0. The van der Waals surface area contributed by atoms with E-state index in [0.29, 0.717) is 44.5 Å². The molecule has 8 heteroatoms. The van der Waals surface area contributed by atoms with Crippen LogP contribution in [0.5, 0.6) is 0 Å². The first-order chi connectivity index (χ1) is 20.0. The Kier molecular flexibility index (Phi) is 7.77. The molecule has 3 heterocycles. The van der Waals surface area contributed by atoms with Gasteiger partial charge in [-0.2, -0.15) is 0 Å². The van der Waals surface area contributed by atoms with Gasteiger partial charge in [-0.25, -0.2) is 0 Å². The minimum absolute atomic E-state index is 0.139. The van der Waals surface area contributed by atoms with Gasteiger partial charge in [-0.3, -0.25) is 14.4 Å². The number of carbonyl (C=O) groups excluding carboxylic acids is 3. The van der Waals surface area contributed by atoms with Gasteiger partial charge < -0.3 is 25.4 Å². The van der Waals surface area contributed by atoms with Crippen molar-refractivity contribution in [2.75, 3.05) is 18.5 Å². The van der Waals surface area contributed by atoms with Crippen molar-refractivity contribution in [2.45, 2.75) is 62.8 Å². The first kappa shape index (κ1) is 27.4. The van der Waals surface area contributed by atoms with Gasteiger partial charge in [0, 0.05) is 25.4 Å². The second kappa shape index (κ2) is 11.6. The fourth-order valence-electron chi connectivity index (χ4n) is 7.12. The molecule has 6 rings (SSSR count). The molecule has 2 unspecified atom stereocenters. The second-order valence-corrected chi connectivity index (χ2v) is 11.5. The topological polar surface area (TPSA) is 108 Å². The third kappa shape index (κ3) is 5.11. The molecule has 5 atom stereocenters. The summed E-state index contributed by atoms with van der Waals surface area (Å²) in [6.07, 6.45) is 3.92. The maximum absolute atomic E-state index is 14.1. The normalized spacial score (nSPS) is 26.4. The Labute approximate surface area is 240 Å². The molecule has 3 N–H and O–H groups in total. The minimum atomic E-state index is -1.03. The van der Waals surface area contributed by atoms with E-state index >= 15 is 0 Å². The van der Waals surface area contributed by atoms with Gasteiger partial charge in [0.15, 0.2) is 0 Å². The number of hydrogen-bond acceptors (Lipinski definition) is 5. The van der Waals surface area contributed by atoms with Gasteiger partial charge in [-0.1, -0.05) is 73.5 Å². The summed E-state index contributed by atoms with van der Waals surface area (Å²) in [5.74, 6) is -1.97. The SMILES string of the molecule is O=C(Nc1ccc2ccccc2c1)C1N(CCCCCCO)C(=O)[C@@H]2[C@@H](C(=O)NCc3ccccc3)[C@H]3CCC12O3. The lowest BCUT2D eigenvalue weighted by atomic mass is 9.70. The first-order valence-electron chi connectivity index (χ1n) is 14.7. The molecule has 3 aromatic carbocycles. The number of hydrogen-bond donors (Lipinski definition) is 3.